The van der Waals surface area contributed by atoms with Crippen molar-refractivity contribution in [1.29, 1.82) is 0 Å². The van der Waals surface area contributed by atoms with Crippen LogP contribution >= 0.6 is 0 Å². The smallest absolute Gasteiger partial charge is 0.315 e. The van der Waals surface area contributed by atoms with E-state index < -0.39 is 68.6 Å². The molecular formula is C38H64N6O7S. The number of amides is 5. The van der Waals surface area contributed by atoms with Crippen LogP contribution in [0.25, 0.3) is 0 Å². The molecule has 1 spiro atoms. The molecule has 13 nitrogen and oxygen atoms in total. The van der Waals surface area contributed by atoms with Gasteiger partial charge in [-0.1, -0.05) is 72.8 Å². The number of nitrogens with one attached hydrogen (secondary N) is 4. The first-order valence-corrected chi connectivity index (χ1v) is 21.1. The quantitative estimate of drug-likeness (QED) is 0.138. The minimum Gasteiger partial charge on any atom is -0.346 e. The van der Waals surface area contributed by atoms with Crippen molar-refractivity contribution >= 4 is 39.6 Å². The molecule has 6 atom stereocenters. The molecule has 4 rings (SSSR count). The molecule has 0 bridgehead atoms. The number of Topliss-reactive ketones (excluding diaryl/α,β-unsaturated/α-hetero) is 1. The Morgan fingerprint density at radius 1 is 1.00 bits per heavy atom. The topological polar surface area (TPSA) is 174 Å². The molecule has 0 aromatic rings. The highest BCUT2D eigenvalue weighted by molar-refractivity contribution is 7.88. The zero-order valence-electron chi connectivity index (χ0n) is 32.5. The molecule has 4 aliphatic rings. The van der Waals surface area contributed by atoms with Crippen molar-refractivity contribution in [3.8, 4) is 0 Å². The SMILES string of the molecule is C=CCNC(=O)C(=O)C(CCCC)NC(=O)[C@@H]1[C@H]2CCC3(CC3)[C@H]2CN1C(=O)[C@@H](NC(=O)N[C@H](CN(C)S(C)(=O)=O)C(C)(C)C)C1(C)CCCCC1. The van der Waals surface area contributed by atoms with Gasteiger partial charge in [-0.25, -0.2) is 17.5 Å². The van der Waals surface area contributed by atoms with Gasteiger partial charge in [0, 0.05) is 32.7 Å². The molecule has 0 radical (unpaired) electrons. The van der Waals surface area contributed by atoms with E-state index in [1.165, 1.54) is 17.4 Å². The van der Waals surface area contributed by atoms with Gasteiger partial charge in [-0.05, 0) is 73.0 Å². The number of carbonyl (C=O) groups is 5. The van der Waals surface area contributed by atoms with Crippen LogP contribution in [0, 0.1) is 28.1 Å². The first-order chi connectivity index (χ1) is 24.3. The standard InChI is InChI=1S/C38H64N6O7S/c1-9-11-15-27(30(45)33(47)39-22-10-2)40-32(46)29-25-16-19-38(20-21-38)26(25)23-44(29)34(48)31(37(6)17-13-12-14-18-37)42-35(49)41-28(36(3,4)5)24-43(7)52(8,50)51/h10,25-29,31H,2,9,11-24H2,1,3-8H3,(H,39,47)(H,40,46)(H2,41,42,49)/t25-,26-,27?,28+,29-,31+/m0/s1. The zero-order chi connectivity index (χ0) is 38.6. The predicted molar refractivity (Wildman–Crippen MR) is 200 cm³/mol. The summed E-state index contributed by atoms with van der Waals surface area (Å²) in [5, 5.41) is 11.5. The van der Waals surface area contributed by atoms with Crippen LogP contribution in [-0.4, -0.2) is 104 Å². The second-order valence-electron chi connectivity index (χ2n) is 17.4. The molecule has 4 fully saturated rings. The van der Waals surface area contributed by atoms with Gasteiger partial charge in [0.15, 0.2) is 0 Å². The van der Waals surface area contributed by atoms with Crippen LogP contribution in [0.5, 0.6) is 0 Å². The molecule has 1 unspecified atom stereocenters. The molecular weight excluding hydrogens is 685 g/mol. The molecule has 1 saturated heterocycles. The van der Waals surface area contributed by atoms with Gasteiger partial charge in [0.05, 0.1) is 12.3 Å². The number of hydrogen-bond acceptors (Lipinski definition) is 7. The van der Waals surface area contributed by atoms with Gasteiger partial charge in [-0.2, -0.15) is 0 Å². The number of nitrogens with zero attached hydrogens (tertiary/aromatic N) is 2. The summed E-state index contributed by atoms with van der Waals surface area (Å²) in [5.41, 5.74) is -0.972. The summed E-state index contributed by atoms with van der Waals surface area (Å²) in [6.45, 7) is 13.9. The lowest BCUT2D eigenvalue weighted by Crippen LogP contribution is -2.63. The van der Waals surface area contributed by atoms with Gasteiger partial charge in [-0.3, -0.25) is 19.2 Å². The Morgan fingerprint density at radius 3 is 2.21 bits per heavy atom. The number of likely N-dealkylation sites (tertiary alicyclic amines) is 1. The molecule has 0 aromatic carbocycles. The number of rotatable bonds is 16. The van der Waals surface area contributed by atoms with Crippen molar-refractivity contribution in [2.75, 3.05) is 32.9 Å². The fraction of sp³-hybridized carbons (Fsp3) is 0.816. The van der Waals surface area contributed by atoms with E-state index in [2.05, 4.69) is 27.8 Å². The van der Waals surface area contributed by atoms with Crippen LogP contribution in [0.4, 0.5) is 4.79 Å². The number of fused-ring (bicyclic) bond motifs is 2. The summed E-state index contributed by atoms with van der Waals surface area (Å²) in [4.78, 5) is 71.1. The van der Waals surface area contributed by atoms with Gasteiger partial charge < -0.3 is 26.2 Å². The van der Waals surface area contributed by atoms with Crippen LogP contribution in [0.15, 0.2) is 12.7 Å². The molecule has 3 saturated carbocycles. The molecule has 52 heavy (non-hydrogen) atoms. The van der Waals surface area contributed by atoms with Crippen molar-refractivity contribution < 1.29 is 32.4 Å². The van der Waals surface area contributed by atoms with Crippen LogP contribution in [0.1, 0.15) is 112 Å². The van der Waals surface area contributed by atoms with Crippen LogP contribution in [0.2, 0.25) is 0 Å². The minimum absolute atomic E-state index is 0.0506. The third-order valence-corrected chi connectivity index (χ3v) is 13.8. The lowest BCUT2D eigenvalue weighted by atomic mass is 9.70. The molecule has 1 heterocycles. The second-order valence-corrected chi connectivity index (χ2v) is 19.5. The highest BCUT2D eigenvalue weighted by Gasteiger charge is 2.64. The van der Waals surface area contributed by atoms with E-state index >= 15 is 4.79 Å². The Morgan fingerprint density at radius 2 is 1.65 bits per heavy atom. The lowest BCUT2D eigenvalue weighted by Gasteiger charge is -2.43. The Kier molecular flexibility index (Phi) is 13.3. The summed E-state index contributed by atoms with van der Waals surface area (Å²) in [7, 11) is -2.04. The third-order valence-electron chi connectivity index (χ3n) is 12.5. The molecule has 1 aliphatic heterocycles. The Hall–Kier alpha value is -3.00. The fourth-order valence-electron chi connectivity index (χ4n) is 8.85. The predicted octanol–water partition coefficient (Wildman–Crippen LogP) is 3.49. The second kappa shape index (κ2) is 16.6. The Labute approximate surface area is 311 Å². The molecule has 5 amide bonds. The van der Waals surface area contributed by atoms with E-state index in [1.54, 1.807) is 4.90 Å². The van der Waals surface area contributed by atoms with Crippen molar-refractivity contribution in [2.24, 2.45) is 28.1 Å². The molecule has 294 valence electrons. The van der Waals surface area contributed by atoms with E-state index in [-0.39, 0.29) is 36.2 Å². The average molecular weight is 749 g/mol. The maximum absolute atomic E-state index is 15.0. The maximum Gasteiger partial charge on any atom is 0.315 e. The number of hydrogen-bond donors (Lipinski definition) is 4. The molecule has 3 aliphatic carbocycles. The van der Waals surface area contributed by atoms with Crippen molar-refractivity contribution in [1.82, 2.24) is 30.5 Å². The minimum atomic E-state index is -3.51. The van der Waals surface area contributed by atoms with Gasteiger partial charge in [0.2, 0.25) is 27.6 Å². The molecule has 4 N–H and O–H groups in total. The van der Waals surface area contributed by atoms with Gasteiger partial charge in [-0.15, -0.1) is 6.58 Å². The summed E-state index contributed by atoms with van der Waals surface area (Å²) >= 11 is 0. The van der Waals surface area contributed by atoms with Crippen molar-refractivity contribution in [3.63, 3.8) is 0 Å². The zero-order valence-corrected chi connectivity index (χ0v) is 33.3. The highest BCUT2D eigenvalue weighted by Crippen LogP contribution is 2.66. The summed E-state index contributed by atoms with van der Waals surface area (Å²) in [6.07, 6.45) is 12.5. The third kappa shape index (κ3) is 9.56. The number of ketones is 1. The summed E-state index contributed by atoms with van der Waals surface area (Å²) in [6, 6.07) is -3.94. The van der Waals surface area contributed by atoms with Gasteiger partial charge in [0.25, 0.3) is 5.91 Å². The average Bonchev–Trinajstić information content (AvgIpc) is 3.64. The van der Waals surface area contributed by atoms with Gasteiger partial charge >= 0.3 is 6.03 Å². The highest BCUT2D eigenvalue weighted by atomic mass is 32.2. The first kappa shape index (κ1) is 41.8. The summed E-state index contributed by atoms with van der Waals surface area (Å²) < 4.78 is 25.7. The number of sulfonamides is 1. The molecule has 14 heteroatoms. The number of unbranched alkanes of at least 4 members (excludes halogenated alkanes) is 1. The summed E-state index contributed by atoms with van der Waals surface area (Å²) in [5.74, 6) is -2.20. The van der Waals surface area contributed by atoms with E-state index in [0.29, 0.717) is 19.4 Å². The Balaban J connectivity index is 1.64. The number of likely N-dealkylation sites (N-methyl/N-ethyl adjacent to an activating group) is 1. The van der Waals surface area contributed by atoms with Crippen LogP contribution in [0.3, 0.4) is 0 Å². The normalized spacial score (nSPS) is 25.1. The van der Waals surface area contributed by atoms with Gasteiger partial charge in [0.1, 0.15) is 12.1 Å². The maximum atomic E-state index is 15.0. The fourth-order valence-corrected chi connectivity index (χ4v) is 9.27. The van der Waals surface area contributed by atoms with E-state index in [9.17, 15) is 27.6 Å². The number of carbonyl (C=O) groups excluding carboxylic acids is 5. The van der Waals surface area contributed by atoms with Crippen molar-refractivity contribution in [3.05, 3.63) is 12.7 Å². The van der Waals surface area contributed by atoms with Crippen LogP contribution in [-0.2, 0) is 29.2 Å². The van der Waals surface area contributed by atoms with E-state index in [0.717, 1.165) is 70.5 Å². The lowest BCUT2D eigenvalue weighted by molar-refractivity contribution is -0.145. The molecule has 0 aromatic heterocycles. The largest absolute Gasteiger partial charge is 0.346 e. The number of urea groups is 1. The van der Waals surface area contributed by atoms with E-state index in [4.69, 9.17) is 0 Å². The van der Waals surface area contributed by atoms with Crippen molar-refractivity contribution in [2.45, 2.75) is 136 Å². The monoisotopic (exact) mass is 748 g/mol. The Bertz CT molecular complexity index is 1470. The van der Waals surface area contributed by atoms with Crippen LogP contribution < -0.4 is 21.3 Å². The van der Waals surface area contributed by atoms with E-state index in [1.807, 2.05) is 34.6 Å². The first-order valence-electron chi connectivity index (χ1n) is 19.3.